The van der Waals surface area contributed by atoms with Crippen molar-refractivity contribution in [3.63, 3.8) is 0 Å². The number of amides is 1. The van der Waals surface area contributed by atoms with Crippen LogP contribution in [0.25, 0.3) is 0 Å². The van der Waals surface area contributed by atoms with Crippen LogP contribution in [0.3, 0.4) is 0 Å². The Morgan fingerprint density at radius 3 is 2.41 bits per heavy atom. The second kappa shape index (κ2) is 8.12. The highest BCUT2D eigenvalue weighted by atomic mass is 35.5. The molecule has 2 aromatic carbocycles. The molecule has 1 saturated heterocycles. The van der Waals surface area contributed by atoms with Crippen LogP contribution in [0.5, 0.6) is 11.5 Å². The van der Waals surface area contributed by atoms with E-state index in [-0.39, 0.29) is 6.42 Å². The summed E-state index contributed by atoms with van der Waals surface area (Å²) in [5.41, 5.74) is 0.899. The summed E-state index contributed by atoms with van der Waals surface area (Å²) in [5, 5.41) is 3.01. The van der Waals surface area contributed by atoms with E-state index in [4.69, 9.17) is 21.1 Å². The Morgan fingerprint density at radius 1 is 1.14 bits per heavy atom. The molecule has 1 amide bonds. The van der Waals surface area contributed by atoms with Crippen molar-refractivity contribution in [1.82, 2.24) is 0 Å². The lowest BCUT2D eigenvalue weighted by molar-refractivity contribution is -0.118. The molecule has 1 aliphatic heterocycles. The quantitative estimate of drug-likeness (QED) is 0.769. The third-order valence-corrected chi connectivity index (χ3v) is 7.92. The van der Waals surface area contributed by atoms with Crippen molar-refractivity contribution in [2.24, 2.45) is 0 Å². The van der Waals surface area contributed by atoms with Crippen LogP contribution in [-0.4, -0.2) is 39.8 Å². The lowest BCUT2D eigenvalue weighted by Crippen LogP contribution is -2.57. The van der Waals surface area contributed by atoms with Gasteiger partial charge in [-0.15, -0.1) is 0 Å². The van der Waals surface area contributed by atoms with Gasteiger partial charge in [-0.2, -0.15) is 0 Å². The second-order valence-electron chi connectivity index (χ2n) is 6.91. The highest BCUT2D eigenvalue weighted by molar-refractivity contribution is 7.95. The molecule has 0 radical (unpaired) electrons. The number of carbonyl (C=O) groups excluding carboxylic acids is 1. The van der Waals surface area contributed by atoms with Crippen LogP contribution < -0.4 is 19.1 Å². The van der Waals surface area contributed by atoms with Gasteiger partial charge in [0.2, 0.25) is 15.9 Å². The fourth-order valence-corrected chi connectivity index (χ4v) is 5.51. The number of nitrogens with zero attached hydrogens (tertiary/aromatic N) is 1. The molecule has 1 atom stereocenters. The number of carbonyl (C=O) groups is 1. The van der Waals surface area contributed by atoms with E-state index in [0.29, 0.717) is 40.9 Å². The van der Waals surface area contributed by atoms with Crippen molar-refractivity contribution < 1.29 is 22.7 Å². The van der Waals surface area contributed by atoms with Crippen LogP contribution in [-0.2, 0) is 14.8 Å². The van der Waals surface area contributed by atoms with Gasteiger partial charge in [-0.05, 0) is 62.2 Å². The SMILES string of the molecule is COc1ccc(N2CCC[C@@](C)(C(=O)Nc3ccc(OC)c(Cl)c3)S2(=O)=O)cc1. The van der Waals surface area contributed by atoms with Gasteiger partial charge in [0.25, 0.3) is 0 Å². The van der Waals surface area contributed by atoms with Crippen molar-refractivity contribution in [2.45, 2.75) is 24.5 Å². The number of rotatable bonds is 5. The molecule has 1 fully saturated rings. The number of sulfonamides is 1. The van der Waals surface area contributed by atoms with Gasteiger partial charge >= 0.3 is 0 Å². The van der Waals surface area contributed by atoms with Gasteiger partial charge in [0.15, 0.2) is 4.75 Å². The predicted molar refractivity (Wildman–Crippen MR) is 114 cm³/mol. The maximum atomic E-state index is 13.4. The third kappa shape index (κ3) is 3.86. The molecule has 0 aromatic heterocycles. The number of halogens is 1. The van der Waals surface area contributed by atoms with Crippen LogP contribution in [0.15, 0.2) is 42.5 Å². The van der Waals surface area contributed by atoms with Gasteiger partial charge in [0, 0.05) is 12.2 Å². The van der Waals surface area contributed by atoms with E-state index in [2.05, 4.69) is 5.32 Å². The Balaban J connectivity index is 1.88. The molecule has 29 heavy (non-hydrogen) atoms. The number of anilines is 2. The molecule has 7 nitrogen and oxygen atoms in total. The molecule has 1 aliphatic rings. The van der Waals surface area contributed by atoms with Crippen molar-refractivity contribution in [3.05, 3.63) is 47.5 Å². The Kier molecular flexibility index (Phi) is 5.95. The first kappa shape index (κ1) is 21.3. The summed E-state index contributed by atoms with van der Waals surface area (Å²) in [6.07, 6.45) is 0.774. The standard InChI is InChI=1S/C20H23ClN2O5S/c1-20(19(24)22-14-5-10-18(28-3)17(21)13-14)11-4-12-23(29(20,25)26)15-6-8-16(27-2)9-7-15/h5-10,13H,4,11-12H2,1-3H3,(H,22,24)/t20-/m0/s1. The van der Waals surface area contributed by atoms with E-state index in [1.54, 1.807) is 43.5 Å². The minimum atomic E-state index is -3.96. The van der Waals surface area contributed by atoms with Gasteiger partial charge < -0.3 is 14.8 Å². The topological polar surface area (TPSA) is 84.9 Å². The summed E-state index contributed by atoms with van der Waals surface area (Å²) in [6.45, 7) is 1.77. The fraction of sp³-hybridized carbons (Fsp3) is 0.350. The van der Waals surface area contributed by atoms with E-state index in [1.165, 1.54) is 24.4 Å². The maximum Gasteiger partial charge on any atom is 0.249 e. The number of methoxy groups -OCH3 is 2. The Bertz CT molecular complexity index is 1010. The zero-order valence-corrected chi connectivity index (χ0v) is 18.0. The van der Waals surface area contributed by atoms with Gasteiger partial charge in [0.05, 0.1) is 24.9 Å². The summed E-state index contributed by atoms with van der Waals surface area (Å²) in [6, 6.07) is 11.5. The lowest BCUT2D eigenvalue weighted by Gasteiger charge is -2.39. The number of benzene rings is 2. The van der Waals surface area contributed by atoms with Crippen molar-refractivity contribution in [1.29, 1.82) is 0 Å². The highest BCUT2D eigenvalue weighted by Gasteiger charge is 2.52. The molecular weight excluding hydrogens is 416 g/mol. The minimum absolute atomic E-state index is 0.220. The first-order chi connectivity index (χ1) is 13.7. The molecule has 1 heterocycles. The number of hydrogen-bond donors (Lipinski definition) is 1. The molecule has 0 bridgehead atoms. The van der Waals surface area contributed by atoms with Crippen LogP contribution >= 0.6 is 11.6 Å². The maximum absolute atomic E-state index is 13.4. The van der Waals surface area contributed by atoms with Crippen LogP contribution in [0.2, 0.25) is 5.02 Å². The van der Waals surface area contributed by atoms with Crippen molar-refractivity contribution in [3.8, 4) is 11.5 Å². The highest BCUT2D eigenvalue weighted by Crippen LogP contribution is 2.37. The van der Waals surface area contributed by atoms with Gasteiger partial charge in [-0.3, -0.25) is 9.10 Å². The lowest BCUT2D eigenvalue weighted by atomic mass is 10.0. The first-order valence-electron chi connectivity index (χ1n) is 9.04. The summed E-state index contributed by atoms with van der Waals surface area (Å²) in [5.74, 6) is 0.490. The molecule has 9 heteroatoms. The van der Waals surface area contributed by atoms with Gasteiger partial charge in [-0.1, -0.05) is 11.6 Å². The largest absolute Gasteiger partial charge is 0.497 e. The average Bonchev–Trinajstić information content (AvgIpc) is 2.70. The van der Waals surface area contributed by atoms with E-state index in [9.17, 15) is 13.2 Å². The predicted octanol–water partition coefficient (Wildman–Crippen LogP) is 3.68. The molecule has 2 aromatic rings. The molecule has 0 unspecified atom stereocenters. The zero-order valence-electron chi connectivity index (χ0n) is 16.4. The number of nitrogens with one attached hydrogen (secondary N) is 1. The second-order valence-corrected chi connectivity index (χ2v) is 9.61. The van der Waals surface area contributed by atoms with Crippen LogP contribution in [0.1, 0.15) is 19.8 Å². The van der Waals surface area contributed by atoms with Gasteiger partial charge in [-0.25, -0.2) is 8.42 Å². The number of hydrogen-bond acceptors (Lipinski definition) is 5. The zero-order chi connectivity index (χ0) is 21.2. The van der Waals surface area contributed by atoms with Crippen molar-refractivity contribution in [2.75, 3.05) is 30.4 Å². The average molecular weight is 439 g/mol. The first-order valence-corrected chi connectivity index (χ1v) is 10.9. The third-order valence-electron chi connectivity index (χ3n) is 5.12. The Labute approximate surface area is 175 Å². The fourth-order valence-electron chi connectivity index (χ4n) is 3.31. The molecule has 0 saturated carbocycles. The number of ether oxygens (including phenoxy) is 2. The molecule has 1 N–H and O–H groups in total. The van der Waals surface area contributed by atoms with E-state index >= 15 is 0 Å². The smallest absolute Gasteiger partial charge is 0.249 e. The molecule has 0 aliphatic carbocycles. The summed E-state index contributed by atoms with van der Waals surface area (Å²) >= 11 is 6.10. The molecule has 3 rings (SSSR count). The Hall–Kier alpha value is -2.45. The minimum Gasteiger partial charge on any atom is -0.497 e. The van der Waals surface area contributed by atoms with Crippen molar-refractivity contribution >= 4 is 38.9 Å². The molecular formula is C20H23ClN2O5S. The van der Waals surface area contributed by atoms with Gasteiger partial charge in [0.1, 0.15) is 11.5 Å². The van der Waals surface area contributed by atoms with E-state index < -0.39 is 20.7 Å². The van der Waals surface area contributed by atoms with E-state index in [1.807, 2.05) is 0 Å². The summed E-state index contributed by atoms with van der Waals surface area (Å²) in [4.78, 5) is 13.0. The van der Waals surface area contributed by atoms with E-state index in [0.717, 1.165) is 0 Å². The monoisotopic (exact) mass is 438 g/mol. The summed E-state index contributed by atoms with van der Waals surface area (Å²) in [7, 11) is -0.926. The normalized spacial score (nSPS) is 20.8. The molecule has 0 spiro atoms. The molecule has 156 valence electrons. The van der Waals surface area contributed by atoms with Crippen LogP contribution in [0, 0.1) is 0 Å². The Morgan fingerprint density at radius 2 is 1.83 bits per heavy atom. The summed E-state index contributed by atoms with van der Waals surface area (Å²) < 4.78 is 36.7. The van der Waals surface area contributed by atoms with Crippen LogP contribution in [0.4, 0.5) is 11.4 Å².